The molecule has 2 fully saturated rings. The first-order valence-electron chi connectivity index (χ1n) is 10.5. The molecule has 1 aromatic carbocycles. The van der Waals surface area contributed by atoms with Crippen LogP contribution in [0.3, 0.4) is 0 Å². The maximum Gasteiger partial charge on any atom is 0.224 e. The van der Waals surface area contributed by atoms with Crippen molar-refractivity contribution in [3.05, 3.63) is 42.5 Å². The molecule has 1 aromatic heterocycles. The minimum atomic E-state index is -0.0131. The topological polar surface area (TPSA) is 98.3 Å². The van der Waals surface area contributed by atoms with Crippen molar-refractivity contribution < 1.29 is 9.53 Å². The van der Waals surface area contributed by atoms with Crippen molar-refractivity contribution in [1.82, 2.24) is 25.0 Å². The van der Waals surface area contributed by atoms with E-state index in [1.807, 2.05) is 24.3 Å². The number of carbonyl (C=O) groups excluding carboxylic acids is 1. The van der Waals surface area contributed by atoms with Gasteiger partial charge in [-0.3, -0.25) is 9.69 Å². The van der Waals surface area contributed by atoms with Crippen LogP contribution in [-0.4, -0.2) is 64.0 Å². The number of amides is 1. The third kappa shape index (κ3) is 6.89. The van der Waals surface area contributed by atoms with E-state index in [4.69, 9.17) is 10.5 Å². The quantitative estimate of drug-likeness (QED) is 0.692. The number of nitrogens with one attached hydrogen (secondary N) is 1. The zero-order valence-electron chi connectivity index (χ0n) is 17.6. The monoisotopic (exact) mass is 470 g/mol. The molecule has 2 atom stereocenters. The number of hydrogen-bond donors (Lipinski definition) is 2. The molecule has 1 amide bonds. The van der Waals surface area contributed by atoms with Gasteiger partial charge in [-0.25, -0.2) is 9.67 Å². The molecular weight excluding hydrogens is 439 g/mol. The Hall–Kier alpha value is -1.71. The van der Waals surface area contributed by atoms with E-state index in [1.165, 1.54) is 6.33 Å². The van der Waals surface area contributed by atoms with Crippen LogP contribution in [0.25, 0.3) is 5.69 Å². The number of carbonyl (C=O) groups is 1. The second-order valence-corrected chi connectivity index (χ2v) is 8.06. The molecule has 2 aliphatic heterocycles. The molecule has 0 saturated carbocycles. The third-order valence-corrected chi connectivity index (χ3v) is 5.97. The van der Waals surface area contributed by atoms with E-state index >= 15 is 0 Å². The smallest absolute Gasteiger partial charge is 0.224 e. The Morgan fingerprint density at radius 1 is 1.10 bits per heavy atom. The number of ether oxygens (including phenoxy) is 1. The average molecular weight is 471 g/mol. The summed E-state index contributed by atoms with van der Waals surface area (Å²) in [5.74, 6) is 0.109. The van der Waals surface area contributed by atoms with Crippen LogP contribution in [0.2, 0.25) is 0 Å². The van der Waals surface area contributed by atoms with E-state index < -0.39 is 0 Å². The van der Waals surface area contributed by atoms with Gasteiger partial charge in [-0.15, -0.1) is 24.8 Å². The Morgan fingerprint density at radius 2 is 1.84 bits per heavy atom. The molecule has 172 valence electrons. The summed E-state index contributed by atoms with van der Waals surface area (Å²) in [7, 11) is 0. The maximum atomic E-state index is 12.9. The Kier molecular flexibility index (Phi) is 10.2. The van der Waals surface area contributed by atoms with Gasteiger partial charge in [0, 0.05) is 44.9 Å². The second kappa shape index (κ2) is 12.4. The van der Waals surface area contributed by atoms with Crippen LogP contribution >= 0.6 is 24.8 Å². The number of rotatable bonds is 5. The van der Waals surface area contributed by atoms with E-state index in [2.05, 4.69) is 20.3 Å². The highest BCUT2D eigenvalue weighted by Gasteiger charge is 2.31. The molecule has 2 saturated heterocycles. The molecule has 2 aliphatic rings. The van der Waals surface area contributed by atoms with Gasteiger partial charge in [-0.1, -0.05) is 12.1 Å². The lowest BCUT2D eigenvalue weighted by molar-refractivity contribution is -0.126. The van der Waals surface area contributed by atoms with Crippen LogP contribution in [-0.2, 0) is 16.1 Å². The van der Waals surface area contributed by atoms with Gasteiger partial charge in [0.05, 0.1) is 11.6 Å². The zero-order valence-corrected chi connectivity index (χ0v) is 19.2. The number of likely N-dealkylation sites (tertiary alicyclic amines) is 1. The first kappa shape index (κ1) is 25.5. The SMILES string of the molecule is Cl.Cl.N[C@H]1CC[C@@H](C(=O)NCc2ccc(-n3cncn3)cc2)CN(C2CCOCC2)C1. The summed E-state index contributed by atoms with van der Waals surface area (Å²) in [5.41, 5.74) is 8.31. The number of benzene rings is 1. The van der Waals surface area contributed by atoms with Crippen LogP contribution in [0.15, 0.2) is 36.9 Å². The molecular formula is C21H32Cl2N6O2. The Bertz CT molecular complexity index is 784. The number of nitrogens with two attached hydrogens (primary N) is 1. The molecule has 2 aromatic rings. The summed E-state index contributed by atoms with van der Waals surface area (Å²) < 4.78 is 7.21. The molecule has 4 rings (SSSR count). The van der Waals surface area contributed by atoms with Crippen molar-refractivity contribution in [1.29, 1.82) is 0 Å². The fourth-order valence-corrected chi connectivity index (χ4v) is 4.26. The second-order valence-electron chi connectivity index (χ2n) is 8.06. The largest absolute Gasteiger partial charge is 0.381 e. The van der Waals surface area contributed by atoms with E-state index in [9.17, 15) is 4.79 Å². The maximum absolute atomic E-state index is 12.9. The summed E-state index contributed by atoms with van der Waals surface area (Å²) in [6, 6.07) is 8.59. The van der Waals surface area contributed by atoms with Crippen LogP contribution < -0.4 is 11.1 Å². The molecule has 0 bridgehead atoms. The van der Waals surface area contributed by atoms with E-state index in [0.717, 1.165) is 63.2 Å². The minimum absolute atomic E-state index is 0. The Morgan fingerprint density at radius 3 is 2.52 bits per heavy atom. The van der Waals surface area contributed by atoms with Crippen LogP contribution in [0, 0.1) is 5.92 Å². The first-order valence-corrected chi connectivity index (χ1v) is 10.5. The predicted molar refractivity (Wildman–Crippen MR) is 124 cm³/mol. The molecule has 10 heteroatoms. The van der Waals surface area contributed by atoms with E-state index in [0.29, 0.717) is 12.6 Å². The van der Waals surface area contributed by atoms with Crippen LogP contribution in [0.1, 0.15) is 31.2 Å². The Labute approximate surface area is 195 Å². The van der Waals surface area contributed by atoms with Crippen molar-refractivity contribution in [3.63, 3.8) is 0 Å². The van der Waals surface area contributed by atoms with Crippen LogP contribution in [0.4, 0.5) is 0 Å². The van der Waals surface area contributed by atoms with Crippen LogP contribution in [0.5, 0.6) is 0 Å². The lowest BCUT2D eigenvalue weighted by Gasteiger charge is -2.35. The fraction of sp³-hybridized carbons (Fsp3) is 0.571. The minimum Gasteiger partial charge on any atom is -0.381 e. The molecule has 0 spiro atoms. The normalized spacial score (nSPS) is 22.6. The highest BCUT2D eigenvalue weighted by atomic mass is 35.5. The fourth-order valence-electron chi connectivity index (χ4n) is 4.26. The molecule has 3 heterocycles. The highest BCUT2D eigenvalue weighted by Crippen LogP contribution is 2.22. The average Bonchev–Trinajstić information content (AvgIpc) is 3.22. The number of nitrogens with zero attached hydrogens (tertiary/aromatic N) is 4. The summed E-state index contributed by atoms with van der Waals surface area (Å²) in [6.07, 6.45) is 6.97. The summed E-state index contributed by atoms with van der Waals surface area (Å²) in [4.78, 5) is 19.3. The van der Waals surface area contributed by atoms with Gasteiger partial charge in [0.2, 0.25) is 5.91 Å². The van der Waals surface area contributed by atoms with E-state index in [-0.39, 0.29) is 42.7 Å². The zero-order chi connectivity index (χ0) is 20.1. The van der Waals surface area contributed by atoms with Crippen molar-refractivity contribution in [2.45, 2.75) is 44.3 Å². The van der Waals surface area contributed by atoms with Gasteiger partial charge in [-0.2, -0.15) is 5.10 Å². The molecule has 0 aliphatic carbocycles. The Balaban J connectivity index is 0.00000171. The standard InChI is InChI=1S/C21H30N6O2.2ClH/c22-18-4-3-17(12-26(13-18)19-7-9-29-10-8-19)21(28)24-11-16-1-5-20(6-2-16)27-15-23-14-25-27;;/h1-2,5-6,14-15,17-19H,3-4,7-13,22H2,(H,24,28);2*1H/t17-,18+;;/m1../s1. The predicted octanol–water partition coefficient (Wildman–Crippen LogP) is 1.95. The van der Waals surface area contributed by atoms with Crippen molar-refractivity contribution in [2.75, 3.05) is 26.3 Å². The van der Waals surface area contributed by atoms with Gasteiger partial charge >= 0.3 is 0 Å². The van der Waals surface area contributed by atoms with E-state index in [1.54, 1.807) is 11.0 Å². The summed E-state index contributed by atoms with van der Waals surface area (Å²) in [6.45, 7) is 3.79. The number of aromatic nitrogens is 3. The van der Waals surface area contributed by atoms with Gasteiger partial charge < -0.3 is 15.8 Å². The molecule has 8 nitrogen and oxygen atoms in total. The van der Waals surface area contributed by atoms with Gasteiger partial charge in [0.25, 0.3) is 0 Å². The van der Waals surface area contributed by atoms with Gasteiger partial charge in [-0.05, 0) is 43.4 Å². The lowest BCUT2D eigenvalue weighted by atomic mass is 10.0. The molecule has 3 N–H and O–H groups in total. The summed E-state index contributed by atoms with van der Waals surface area (Å²) in [5, 5.41) is 7.25. The number of hydrogen-bond acceptors (Lipinski definition) is 6. The first-order chi connectivity index (χ1) is 14.2. The summed E-state index contributed by atoms with van der Waals surface area (Å²) >= 11 is 0. The molecule has 31 heavy (non-hydrogen) atoms. The molecule has 0 radical (unpaired) electrons. The third-order valence-electron chi connectivity index (χ3n) is 5.97. The van der Waals surface area contributed by atoms with Gasteiger partial charge in [0.15, 0.2) is 0 Å². The van der Waals surface area contributed by atoms with Crippen molar-refractivity contribution >= 4 is 30.7 Å². The number of halogens is 2. The highest BCUT2D eigenvalue weighted by molar-refractivity contribution is 5.85. The lowest BCUT2D eigenvalue weighted by Crippen LogP contribution is -2.47. The molecule has 0 unspecified atom stereocenters. The van der Waals surface area contributed by atoms with Crippen molar-refractivity contribution in [2.24, 2.45) is 11.7 Å². The van der Waals surface area contributed by atoms with Gasteiger partial charge in [0.1, 0.15) is 12.7 Å². The van der Waals surface area contributed by atoms with Crippen molar-refractivity contribution in [3.8, 4) is 5.69 Å².